The van der Waals surface area contributed by atoms with Gasteiger partial charge in [-0.25, -0.2) is 4.79 Å². The standard InChI is InChI=1S/C22H20ClN3O7/c23-14-3-1-12(2-4-14)11-25-7-5-15(6-8-25)24-21(29)16-9-13-10-17(26(31)32)18(27)19(28)20(13)33-22(16)30/h1-4,9-10,15,27-28H,5-8,11H2,(H,24,29). The van der Waals surface area contributed by atoms with Gasteiger partial charge in [0.25, 0.3) is 5.91 Å². The molecule has 11 heteroatoms. The number of hydrogen-bond acceptors (Lipinski definition) is 8. The van der Waals surface area contributed by atoms with Gasteiger partial charge in [-0.05, 0) is 36.6 Å². The van der Waals surface area contributed by atoms with Crippen LogP contribution in [0.3, 0.4) is 0 Å². The Morgan fingerprint density at radius 2 is 1.85 bits per heavy atom. The first kappa shape index (κ1) is 22.6. The first-order valence-electron chi connectivity index (χ1n) is 10.2. The molecule has 172 valence electrons. The maximum Gasteiger partial charge on any atom is 0.349 e. The zero-order valence-electron chi connectivity index (χ0n) is 17.3. The number of rotatable bonds is 5. The molecule has 0 bridgehead atoms. The highest BCUT2D eigenvalue weighted by Gasteiger charge is 2.26. The van der Waals surface area contributed by atoms with Crippen molar-refractivity contribution >= 4 is 34.2 Å². The molecule has 1 saturated heterocycles. The highest BCUT2D eigenvalue weighted by atomic mass is 35.5. The van der Waals surface area contributed by atoms with Crippen LogP contribution >= 0.6 is 11.6 Å². The predicted molar refractivity (Wildman–Crippen MR) is 120 cm³/mol. The van der Waals surface area contributed by atoms with Crippen LogP contribution in [0.5, 0.6) is 11.5 Å². The van der Waals surface area contributed by atoms with E-state index in [4.69, 9.17) is 16.0 Å². The number of nitrogens with one attached hydrogen (secondary N) is 1. The zero-order chi connectivity index (χ0) is 23.7. The van der Waals surface area contributed by atoms with E-state index in [0.29, 0.717) is 17.9 Å². The van der Waals surface area contributed by atoms with Crippen molar-refractivity contribution in [2.45, 2.75) is 25.4 Å². The molecule has 0 atom stereocenters. The summed E-state index contributed by atoms with van der Waals surface area (Å²) in [7, 11) is 0. The lowest BCUT2D eigenvalue weighted by Crippen LogP contribution is -2.45. The highest BCUT2D eigenvalue weighted by Crippen LogP contribution is 2.41. The van der Waals surface area contributed by atoms with Crippen molar-refractivity contribution in [2.24, 2.45) is 0 Å². The number of nitro groups is 1. The number of aromatic hydroxyl groups is 2. The molecular formula is C22H20ClN3O7. The van der Waals surface area contributed by atoms with Crippen LogP contribution in [0, 0.1) is 10.1 Å². The normalized spacial score (nSPS) is 14.9. The minimum absolute atomic E-state index is 0.0560. The molecule has 33 heavy (non-hydrogen) atoms. The van der Waals surface area contributed by atoms with E-state index in [1.165, 1.54) is 0 Å². The summed E-state index contributed by atoms with van der Waals surface area (Å²) in [4.78, 5) is 37.5. The molecule has 0 aliphatic carbocycles. The molecule has 2 heterocycles. The zero-order valence-corrected chi connectivity index (χ0v) is 18.0. The first-order valence-corrected chi connectivity index (χ1v) is 10.6. The van der Waals surface area contributed by atoms with Gasteiger partial charge in [-0.2, -0.15) is 0 Å². The molecule has 1 amide bonds. The molecule has 1 aliphatic rings. The van der Waals surface area contributed by atoms with E-state index in [1.807, 2.05) is 24.3 Å². The van der Waals surface area contributed by atoms with E-state index < -0.39 is 39.2 Å². The molecule has 2 aromatic carbocycles. The van der Waals surface area contributed by atoms with Crippen molar-refractivity contribution in [3.05, 3.63) is 73.1 Å². The number of benzene rings is 2. The van der Waals surface area contributed by atoms with Crippen LogP contribution in [0.2, 0.25) is 5.02 Å². The van der Waals surface area contributed by atoms with Crippen molar-refractivity contribution in [1.82, 2.24) is 10.2 Å². The molecular weight excluding hydrogens is 454 g/mol. The molecule has 0 unspecified atom stereocenters. The van der Waals surface area contributed by atoms with Gasteiger partial charge in [0.2, 0.25) is 11.5 Å². The van der Waals surface area contributed by atoms with Crippen LogP contribution in [0.15, 0.2) is 45.6 Å². The highest BCUT2D eigenvalue weighted by molar-refractivity contribution is 6.30. The van der Waals surface area contributed by atoms with Gasteiger partial charge in [0.15, 0.2) is 5.58 Å². The SMILES string of the molecule is O=C(NC1CCN(Cc2ccc(Cl)cc2)CC1)c1cc2cc([N+](=O)[O-])c(O)c(O)c2oc1=O. The molecule has 10 nitrogen and oxygen atoms in total. The lowest BCUT2D eigenvalue weighted by Gasteiger charge is -2.32. The number of nitrogens with zero attached hydrogens (tertiary/aromatic N) is 2. The number of piperidine rings is 1. The number of phenols is 2. The second kappa shape index (κ2) is 9.08. The molecule has 0 radical (unpaired) electrons. The fourth-order valence-corrected chi connectivity index (χ4v) is 3.99. The van der Waals surface area contributed by atoms with Crippen molar-refractivity contribution in [3.8, 4) is 11.5 Å². The molecule has 0 spiro atoms. The van der Waals surface area contributed by atoms with E-state index in [-0.39, 0.29) is 17.0 Å². The van der Waals surface area contributed by atoms with Gasteiger partial charge >= 0.3 is 11.3 Å². The number of fused-ring (bicyclic) bond motifs is 1. The topological polar surface area (TPSA) is 146 Å². The summed E-state index contributed by atoms with van der Waals surface area (Å²) in [5.41, 5.74) is -1.43. The molecule has 1 aliphatic heterocycles. The Hall–Kier alpha value is -3.63. The number of carbonyl (C=O) groups excluding carboxylic acids is 1. The van der Waals surface area contributed by atoms with E-state index in [0.717, 1.165) is 37.3 Å². The average Bonchev–Trinajstić information content (AvgIpc) is 2.79. The van der Waals surface area contributed by atoms with Crippen molar-refractivity contribution in [3.63, 3.8) is 0 Å². The summed E-state index contributed by atoms with van der Waals surface area (Å²) >= 11 is 5.92. The summed E-state index contributed by atoms with van der Waals surface area (Å²) in [5, 5.41) is 34.2. The Bertz CT molecular complexity index is 1280. The smallest absolute Gasteiger partial charge is 0.349 e. The summed E-state index contributed by atoms with van der Waals surface area (Å²) in [5.74, 6) is -2.62. The number of hydrogen-bond donors (Lipinski definition) is 3. The maximum atomic E-state index is 12.7. The van der Waals surface area contributed by atoms with Gasteiger partial charge in [0.1, 0.15) is 5.56 Å². The van der Waals surface area contributed by atoms with E-state index >= 15 is 0 Å². The Morgan fingerprint density at radius 1 is 1.18 bits per heavy atom. The van der Waals surface area contributed by atoms with Crippen molar-refractivity contribution in [2.75, 3.05) is 13.1 Å². The molecule has 4 rings (SSSR count). The summed E-state index contributed by atoms with van der Waals surface area (Å²) in [6.07, 6.45) is 1.36. The third kappa shape index (κ3) is 4.76. The van der Waals surface area contributed by atoms with E-state index in [2.05, 4.69) is 10.2 Å². The van der Waals surface area contributed by atoms with Gasteiger partial charge in [-0.1, -0.05) is 23.7 Å². The Labute approximate surface area is 192 Å². The third-order valence-electron chi connectivity index (χ3n) is 5.63. The maximum absolute atomic E-state index is 12.7. The fraction of sp³-hybridized carbons (Fsp3) is 0.273. The lowest BCUT2D eigenvalue weighted by molar-refractivity contribution is -0.385. The van der Waals surface area contributed by atoms with E-state index in [1.54, 1.807) is 0 Å². The van der Waals surface area contributed by atoms with Crippen LogP contribution in [-0.4, -0.2) is 45.1 Å². The van der Waals surface area contributed by atoms with Gasteiger partial charge in [-0.3, -0.25) is 19.8 Å². The third-order valence-corrected chi connectivity index (χ3v) is 5.89. The average molecular weight is 474 g/mol. The minimum atomic E-state index is -1.02. The Balaban J connectivity index is 1.45. The van der Waals surface area contributed by atoms with Crippen molar-refractivity contribution in [1.29, 1.82) is 0 Å². The number of halogens is 1. The van der Waals surface area contributed by atoms with Gasteiger partial charge in [-0.15, -0.1) is 0 Å². The molecule has 3 N–H and O–H groups in total. The summed E-state index contributed by atoms with van der Waals surface area (Å²) in [6.45, 7) is 2.26. The number of likely N-dealkylation sites (tertiary alicyclic amines) is 1. The number of carbonyl (C=O) groups is 1. The van der Waals surface area contributed by atoms with Crippen LogP contribution in [0.4, 0.5) is 5.69 Å². The number of nitro benzene ring substituents is 1. The largest absolute Gasteiger partial charge is 0.501 e. The van der Waals surface area contributed by atoms with Gasteiger partial charge in [0.05, 0.1) is 4.92 Å². The van der Waals surface area contributed by atoms with Crippen molar-refractivity contribution < 1.29 is 24.3 Å². The van der Waals surface area contributed by atoms with Gasteiger partial charge < -0.3 is 19.9 Å². The molecule has 1 aromatic heterocycles. The van der Waals surface area contributed by atoms with Crippen LogP contribution < -0.4 is 10.9 Å². The first-order chi connectivity index (χ1) is 15.7. The fourth-order valence-electron chi connectivity index (χ4n) is 3.87. The predicted octanol–water partition coefficient (Wildman–Crippen LogP) is 3.16. The Kier molecular flexibility index (Phi) is 6.21. The molecule has 0 saturated carbocycles. The Morgan fingerprint density at radius 3 is 2.48 bits per heavy atom. The summed E-state index contributed by atoms with van der Waals surface area (Å²) in [6, 6.07) is 9.51. The lowest BCUT2D eigenvalue weighted by atomic mass is 10.0. The van der Waals surface area contributed by atoms with Crippen LogP contribution in [0.1, 0.15) is 28.8 Å². The minimum Gasteiger partial charge on any atom is -0.501 e. The quantitative estimate of drug-likeness (QED) is 0.221. The monoisotopic (exact) mass is 473 g/mol. The molecule has 3 aromatic rings. The second-order valence-corrected chi connectivity index (χ2v) is 8.30. The van der Waals surface area contributed by atoms with Gasteiger partial charge in [0, 0.05) is 42.2 Å². The second-order valence-electron chi connectivity index (χ2n) is 7.87. The van der Waals surface area contributed by atoms with Crippen LogP contribution in [-0.2, 0) is 6.54 Å². The van der Waals surface area contributed by atoms with Crippen LogP contribution in [0.25, 0.3) is 11.0 Å². The molecule has 1 fully saturated rings. The number of amides is 1. The van der Waals surface area contributed by atoms with E-state index in [9.17, 15) is 29.9 Å². The summed E-state index contributed by atoms with van der Waals surface area (Å²) < 4.78 is 4.97. The number of phenolic OH excluding ortho intramolecular Hbond substituents is 2.